The van der Waals surface area contributed by atoms with Crippen LogP contribution in [0.25, 0.3) is 0 Å². The summed E-state index contributed by atoms with van der Waals surface area (Å²) < 4.78 is 26.1. The molecule has 1 heterocycles. The number of hydrogen-bond acceptors (Lipinski definition) is 5. The molecule has 0 aliphatic heterocycles. The third-order valence-corrected chi connectivity index (χ3v) is 5.55. The molecule has 2 N–H and O–H groups in total. The number of carbonyl (C=O) groups is 1. The largest absolute Gasteiger partial charge is 0.477 e. The molecule has 1 rings (SSSR count). The number of thiophene rings is 1. The van der Waals surface area contributed by atoms with Crippen LogP contribution in [0.5, 0.6) is 0 Å². The fourth-order valence-corrected chi connectivity index (χ4v) is 4.00. The van der Waals surface area contributed by atoms with Crippen LogP contribution in [0.3, 0.4) is 0 Å². The van der Waals surface area contributed by atoms with Gasteiger partial charge in [0, 0.05) is 11.9 Å². The Bertz CT molecular complexity index is 495. The van der Waals surface area contributed by atoms with E-state index >= 15 is 0 Å². The minimum atomic E-state index is -3.57. The van der Waals surface area contributed by atoms with Gasteiger partial charge in [-0.2, -0.15) is 11.8 Å². The highest BCUT2D eigenvalue weighted by Crippen LogP contribution is 2.19. The van der Waals surface area contributed by atoms with E-state index in [1.807, 2.05) is 6.92 Å². The van der Waals surface area contributed by atoms with Crippen LogP contribution >= 0.6 is 23.1 Å². The second kappa shape index (κ2) is 7.13. The van der Waals surface area contributed by atoms with Gasteiger partial charge in [0.15, 0.2) is 0 Å². The lowest BCUT2D eigenvalue weighted by Crippen LogP contribution is -2.24. The summed E-state index contributed by atoms with van der Waals surface area (Å²) in [7, 11) is -3.57. The van der Waals surface area contributed by atoms with Crippen LogP contribution in [-0.2, 0) is 10.0 Å². The predicted octanol–water partition coefficient (Wildman–Crippen LogP) is 1.87. The lowest BCUT2D eigenvalue weighted by molar-refractivity contribution is 0.0702. The molecule has 0 fully saturated rings. The Balaban J connectivity index is 2.54. The van der Waals surface area contributed by atoms with E-state index in [0.29, 0.717) is 6.54 Å². The first-order valence-corrected chi connectivity index (χ1v) is 8.88. The van der Waals surface area contributed by atoms with E-state index in [0.717, 1.165) is 29.3 Å². The second-order valence-electron chi connectivity index (χ2n) is 3.40. The Morgan fingerprint density at radius 2 is 2.28 bits per heavy atom. The summed E-state index contributed by atoms with van der Waals surface area (Å²) in [6.45, 7) is 2.42. The normalized spacial score (nSPS) is 11.6. The second-order valence-corrected chi connectivity index (χ2v) is 7.47. The SMILES string of the molecule is CCSCCCNS(=O)(=O)c1csc(C(=O)O)c1. The van der Waals surface area contributed by atoms with Gasteiger partial charge >= 0.3 is 5.97 Å². The van der Waals surface area contributed by atoms with E-state index in [4.69, 9.17) is 5.11 Å². The standard InChI is InChI=1S/C10H15NO4S3/c1-2-16-5-3-4-11-18(14,15)8-6-9(10(12)13)17-7-8/h6-7,11H,2-5H2,1H3,(H,12,13). The van der Waals surface area contributed by atoms with Crippen LogP contribution in [0.4, 0.5) is 0 Å². The van der Waals surface area contributed by atoms with Crippen molar-refractivity contribution in [3.63, 3.8) is 0 Å². The molecule has 0 radical (unpaired) electrons. The molecule has 18 heavy (non-hydrogen) atoms. The number of carboxylic acid groups (broad SMARTS) is 1. The molecule has 1 aromatic rings. The molecule has 0 spiro atoms. The molecule has 1 aromatic heterocycles. The van der Waals surface area contributed by atoms with Crippen molar-refractivity contribution in [3.8, 4) is 0 Å². The maximum atomic E-state index is 11.8. The topological polar surface area (TPSA) is 83.5 Å². The smallest absolute Gasteiger partial charge is 0.345 e. The van der Waals surface area contributed by atoms with Gasteiger partial charge in [-0.15, -0.1) is 11.3 Å². The van der Waals surface area contributed by atoms with E-state index in [1.165, 1.54) is 11.4 Å². The highest BCUT2D eigenvalue weighted by atomic mass is 32.2. The minimum absolute atomic E-state index is 0.0213. The molecule has 0 saturated heterocycles. The Kier molecular flexibility index (Phi) is 6.13. The number of sulfonamides is 1. The number of aromatic carboxylic acids is 1. The lowest BCUT2D eigenvalue weighted by atomic mass is 10.5. The van der Waals surface area contributed by atoms with E-state index in [1.54, 1.807) is 11.8 Å². The number of rotatable bonds is 8. The van der Waals surface area contributed by atoms with Gasteiger partial charge in [-0.25, -0.2) is 17.9 Å². The Labute approximate surface area is 115 Å². The van der Waals surface area contributed by atoms with Crippen molar-refractivity contribution in [3.05, 3.63) is 16.3 Å². The molecule has 0 aromatic carbocycles. The Morgan fingerprint density at radius 3 is 2.83 bits per heavy atom. The number of hydrogen-bond donors (Lipinski definition) is 2. The number of thioether (sulfide) groups is 1. The minimum Gasteiger partial charge on any atom is -0.477 e. The molecule has 0 aliphatic rings. The highest BCUT2D eigenvalue weighted by molar-refractivity contribution is 7.99. The van der Waals surface area contributed by atoms with Crippen LogP contribution in [0.1, 0.15) is 23.0 Å². The van der Waals surface area contributed by atoms with Gasteiger partial charge in [-0.3, -0.25) is 0 Å². The molecule has 102 valence electrons. The van der Waals surface area contributed by atoms with Gasteiger partial charge in [0.1, 0.15) is 4.88 Å². The first-order chi connectivity index (χ1) is 8.47. The van der Waals surface area contributed by atoms with Gasteiger partial charge in [0.05, 0.1) is 4.90 Å². The summed E-state index contributed by atoms with van der Waals surface area (Å²) >= 11 is 2.66. The number of carboxylic acids is 1. The van der Waals surface area contributed by atoms with Crippen molar-refractivity contribution in [1.82, 2.24) is 4.72 Å². The van der Waals surface area contributed by atoms with Crippen LogP contribution in [0.2, 0.25) is 0 Å². The molecule has 5 nitrogen and oxygen atoms in total. The molecular weight excluding hydrogens is 294 g/mol. The van der Waals surface area contributed by atoms with Crippen LogP contribution in [0, 0.1) is 0 Å². The lowest BCUT2D eigenvalue weighted by Gasteiger charge is -2.04. The summed E-state index contributed by atoms with van der Waals surface area (Å²) in [5, 5.41) is 10.1. The summed E-state index contributed by atoms with van der Waals surface area (Å²) in [6, 6.07) is 1.18. The molecule has 0 unspecified atom stereocenters. The Morgan fingerprint density at radius 1 is 1.56 bits per heavy atom. The predicted molar refractivity (Wildman–Crippen MR) is 74.1 cm³/mol. The summed E-state index contributed by atoms with van der Waals surface area (Å²) in [5.74, 6) is 0.809. The van der Waals surface area contributed by atoms with Crippen molar-refractivity contribution in [2.75, 3.05) is 18.1 Å². The summed E-state index contributed by atoms with van der Waals surface area (Å²) in [6.07, 6.45) is 0.758. The van der Waals surface area contributed by atoms with Gasteiger partial charge in [-0.05, 0) is 24.0 Å². The summed E-state index contributed by atoms with van der Waals surface area (Å²) in [4.78, 5) is 10.7. The number of nitrogens with one attached hydrogen (secondary N) is 1. The summed E-state index contributed by atoms with van der Waals surface area (Å²) in [5.41, 5.74) is 0. The van der Waals surface area contributed by atoms with Crippen molar-refractivity contribution >= 4 is 39.1 Å². The third-order valence-electron chi connectivity index (χ3n) is 2.06. The first-order valence-electron chi connectivity index (χ1n) is 5.36. The van der Waals surface area contributed by atoms with Crippen molar-refractivity contribution < 1.29 is 18.3 Å². The van der Waals surface area contributed by atoms with E-state index in [2.05, 4.69) is 4.72 Å². The van der Waals surface area contributed by atoms with Gasteiger partial charge < -0.3 is 5.11 Å². The van der Waals surface area contributed by atoms with Crippen LogP contribution < -0.4 is 4.72 Å². The molecule has 0 aliphatic carbocycles. The van der Waals surface area contributed by atoms with Gasteiger partial charge in [0.2, 0.25) is 10.0 Å². The van der Waals surface area contributed by atoms with Crippen LogP contribution in [-0.4, -0.2) is 37.5 Å². The highest BCUT2D eigenvalue weighted by Gasteiger charge is 2.17. The van der Waals surface area contributed by atoms with Crippen molar-refractivity contribution in [2.45, 2.75) is 18.2 Å². The maximum absolute atomic E-state index is 11.8. The zero-order valence-electron chi connectivity index (χ0n) is 9.88. The zero-order chi connectivity index (χ0) is 13.6. The fraction of sp³-hybridized carbons (Fsp3) is 0.500. The van der Waals surface area contributed by atoms with E-state index < -0.39 is 16.0 Å². The zero-order valence-corrected chi connectivity index (χ0v) is 12.3. The quantitative estimate of drug-likeness (QED) is 0.716. The average molecular weight is 309 g/mol. The van der Waals surface area contributed by atoms with E-state index in [-0.39, 0.29) is 9.77 Å². The molecule has 0 bridgehead atoms. The molecule has 8 heteroatoms. The molecule has 0 amide bonds. The van der Waals surface area contributed by atoms with Crippen LogP contribution in [0.15, 0.2) is 16.3 Å². The monoisotopic (exact) mass is 309 g/mol. The molecule has 0 saturated carbocycles. The third kappa shape index (κ3) is 4.60. The van der Waals surface area contributed by atoms with Crippen molar-refractivity contribution in [1.29, 1.82) is 0 Å². The van der Waals surface area contributed by atoms with E-state index in [9.17, 15) is 13.2 Å². The molecule has 0 atom stereocenters. The average Bonchev–Trinajstić information content (AvgIpc) is 2.78. The first kappa shape index (κ1) is 15.5. The Hall–Kier alpha value is -0.570. The molecular formula is C10H15NO4S3. The van der Waals surface area contributed by atoms with Gasteiger partial charge in [-0.1, -0.05) is 6.92 Å². The van der Waals surface area contributed by atoms with Crippen molar-refractivity contribution in [2.24, 2.45) is 0 Å². The maximum Gasteiger partial charge on any atom is 0.345 e. The fourth-order valence-electron chi connectivity index (χ4n) is 1.18. The van der Waals surface area contributed by atoms with Gasteiger partial charge in [0.25, 0.3) is 0 Å².